The van der Waals surface area contributed by atoms with Gasteiger partial charge in [-0.15, -0.1) is 0 Å². The lowest BCUT2D eigenvalue weighted by atomic mass is 10.0. The number of methoxy groups -OCH3 is 1. The van der Waals surface area contributed by atoms with E-state index in [0.29, 0.717) is 17.3 Å². The van der Waals surface area contributed by atoms with Crippen molar-refractivity contribution in [3.05, 3.63) is 28.5 Å². The van der Waals surface area contributed by atoms with Crippen LogP contribution >= 0.6 is 27.5 Å². The van der Waals surface area contributed by atoms with E-state index in [1.165, 1.54) is 19.4 Å². The number of alkyl halides is 1. The summed E-state index contributed by atoms with van der Waals surface area (Å²) in [6.07, 6.45) is -0.387. The maximum atomic E-state index is 11.4. The van der Waals surface area contributed by atoms with Crippen LogP contribution in [0.25, 0.3) is 0 Å². The normalized spacial score (nSPS) is 14.1. The van der Waals surface area contributed by atoms with Crippen LogP contribution < -0.4 is 0 Å². The summed E-state index contributed by atoms with van der Waals surface area (Å²) in [6, 6.07) is 1.36. The molecule has 1 rings (SSSR count). The molecule has 2 N–H and O–H groups in total. The molecule has 0 saturated heterocycles. The summed E-state index contributed by atoms with van der Waals surface area (Å²) in [5, 5.41) is 20.1. The van der Waals surface area contributed by atoms with Crippen molar-refractivity contribution >= 4 is 33.5 Å². The highest BCUT2D eigenvalue weighted by Gasteiger charge is 2.21. The summed E-state index contributed by atoms with van der Waals surface area (Å²) in [7, 11) is 1.22. The lowest BCUT2D eigenvalue weighted by Crippen LogP contribution is -2.19. The van der Waals surface area contributed by atoms with Crippen LogP contribution in [0.15, 0.2) is 12.3 Å². The first-order valence-electron chi connectivity index (χ1n) is 5.17. The monoisotopic (exact) mass is 337 g/mol. The number of esters is 1. The first-order valence-corrected chi connectivity index (χ1v) is 6.67. The Balaban J connectivity index is 3.00. The van der Waals surface area contributed by atoms with Crippen LogP contribution in [-0.2, 0) is 4.74 Å². The van der Waals surface area contributed by atoms with Crippen LogP contribution in [0.1, 0.15) is 28.4 Å². The van der Waals surface area contributed by atoms with Gasteiger partial charge in [-0.3, -0.25) is 0 Å². The average Bonchev–Trinajstić information content (AvgIpc) is 2.38. The molecule has 1 heterocycles. The molecule has 18 heavy (non-hydrogen) atoms. The maximum absolute atomic E-state index is 11.4. The molecule has 0 saturated carbocycles. The highest BCUT2D eigenvalue weighted by Crippen LogP contribution is 2.23. The van der Waals surface area contributed by atoms with Gasteiger partial charge in [0.05, 0.1) is 18.8 Å². The number of halogens is 2. The standard InChI is InChI=1S/C11H13BrClNO4/c1-18-11(17)7-4-6(5-14-10(7)13)9(16)8(15)2-3-12/h4-5,8-9,15-16H,2-3H2,1H3. The number of aromatic nitrogens is 1. The molecular weight excluding hydrogens is 325 g/mol. The molecule has 0 aliphatic rings. The zero-order valence-electron chi connectivity index (χ0n) is 9.64. The number of pyridine rings is 1. The van der Waals surface area contributed by atoms with Crippen LogP contribution in [0.2, 0.25) is 5.15 Å². The second kappa shape index (κ2) is 7.04. The smallest absolute Gasteiger partial charge is 0.341 e. The third kappa shape index (κ3) is 3.65. The summed E-state index contributed by atoms with van der Waals surface area (Å²) in [5.41, 5.74) is 0.370. The van der Waals surface area contributed by atoms with Gasteiger partial charge >= 0.3 is 5.97 Å². The molecule has 1 aromatic rings. The lowest BCUT2D eigenvalue weighted by Gasteiger charge is -2.17. The molecule has 0 amide bonds. The molecule has 2 unspecified atom stereocenters. The number of hydrogen-bond donors (Lipinski definition) is 2. The van der Waals surface area contributed by atoms with Crippen molar-refractivity contribution in [2.24, 2.45) is 0 Å². The fourth-order valence-corrected chi connectivity index (χ4v) is 2.02. The number of ether oxygens (including phenoxy) is 1. The van der Waals surface area contributed by atoms with E-state index in [9.17, 15) is 15.0 Å². The van der Waals surface area contributed by atoms with E-state index in [1.807, 2.05) is 0 Å². The minimum Gasteiger partial charge on any atom is -0.465 e. The molecule has 0 bridgehead atoms. The quantitative estimate of drug-likeness (QED) is 0.485. The largest absolute Gasteiger partial charge is 0.465 e. The highest BCUT2D eigenvalue weighted by atomic mass is 79.9. The van der Waals surface area contributed by atoms with E-state index < -0.39 is 18.2 Å². The molecule has 7 heteroatoms. The predicted octanol–water partition coefficient (Wildman–Crippen LogP) is 1.70. The van der Waals surface area contributed by atoms with E-state index in [1.54, 1.807) is 0 Å². The molecule has 0 aliphatic heterocycles. The van der Waals surface area contributed by atoms with E-state index in [4.69, 9.17) is 11.6 Å². The van der Waals surface area contributed by atoms with Gasteiger partial charge in [-0.25, -0.2) is 9.78 Å². The Morgan fingerprint density at radius 3 is 2.83 bits per heavy atom. The van der Waals surface area contributed by atoms with Crippen LogP contribution in [0, 0.1) is 0 Å². The van der Waals surface area contributed by atoms with Crippen LogP contribution in [-0.4, -0.2) is 39.7 Å². The fourth-order valence-electron chi connectivity index (χ4n) is 1.37. The number of rotatable bonds is 5. The fraction of sp³-hybridized carbons (Fsp3) is 0.455. The topological polar surface area (TPSA) is 79.7 Å². The highest BCUT2D eigenvalue weighted by molar-refractivity contribution is 9.09. The molecule has 0 radical (unpaired) electrons. The number of aliphatic hydroxyl groups excluding tert-OH is 2. The van der Waals surface area contributed by atoms with Gasteiger partial charge in [0.1, 0.15) is 11.3 Å². The summed E-state index contributed by atoms with van der Waals surface area (Å²) in [4.78, 5) is 15.2. The molecule has 0 aliphatic carbocycles. The van der Waals surface area contributed by atoms with Gasteiger partial charge in [-0.1, -0.05) is 27.5 Å². The summed E-state index contributed by atoms with van der Waals surface area (Å²) >= 11 is 8.92. The predicted molar refractivity (Wildman–Crippen MR) is 70.0 cm³/mol. The Morgan fingerprint density at radius 2 is 2.28 bits per heavy atom. The Bertz CT molecular complexity index is 430. The molecular formula is C11H13BrClNO4. The lowest BCUT2D eigenvalue weighted by molar-refractivity contribution is 0.0170. The molecule has 1 aromatic heterocycles. The van der Waals surface area contributed by atoms with Crippen molar-refractivity contribution in [2.45, 2.75) is 18.6 Å². The molecule has 2 atom stereocenters. The number of aliphatic hydroxyl groups is 2. The zero-order valence-corrected chi connectivity index (χ0v) is 12.0. The number of carbonyl (C=O) groups excluding carboxylic acids is 1. The SMILES string of the molecule is COC(=O)c1cc(C(O)C(O)CCBr)cnc1Cl. The van der Waals surface area contributed by atoms with Crippen molar-refractivity contribution in [1.82, 2.24) is 4.98 Å². The third-order valence-corrected chi connectivity index (χ3v) is 3.14. The van der Waals surface area contributed by atoms with Gasteiger partial charge in [0.2, 0.25) is 0 Å². The first kappa shape index (κ1) is 15.4. The maximum Gasteiger partial charge on any atom is 0.341 e. The summed E-state index contributed by atoms with van der Waals surface area (Å²) in [6.45, 7) is 0. The molecule has 5 nitrogen and oxygen atoms in total. The zero-order chi connectivity index (χ0) is 13.7. The van der Waals surface area contributed by atoms with Gasteiger partial charge in [0, 0.05) is 17.1 Å². The van der Waals surface area contributed by atoms with Crippen LogP contribution in [0.3, 0.4) is 0 Å². The van der Waals surface area contributed by atoms with Crippen molar-refractivity contribution in [1.29, 1.82) is 0 Å². The molecule has 100 valence electrons. The molecule has 0 fully saturated rings. The Labute approximate surface area is 118 Å². The van der Waals surface area contributed by atoms with E-state index >= 15 is 0 Å². The molecule has 0 spiro atoms. The van der Waals surface area contributed by atoms with Gasteiger partial charge in [0.15, 0.2) is 0 Å². The van der Waals surface area contributed by atoms with Crippen molar-refractivity contribution in [3.63, 3.8) is 0 Å². The first-order chi connectivity index (χ1) is 8.51. The second-order valence-corrected chi connectivity index (χ2v) is 4.74. The van der Waals surface area contributed by atoms with Crippen LogP contribution in [0.4, 0.5) is 0 Å². The Hall–Kier alpha value is -0.690. The van der Waals surface area contributed by atoms with Gasteiger partial charge in [-0.2, -0.15) is 0 Å². The van der Waals surface area contributed by atoms with Gasteiger partial charge < -0.3 is 14.9 Å². The average molecular weight is 339 g/mol. The van der Waals surface area contributed by atoms with Crippen LogP contribution in [0.5, 0.6) is 0 Å². The van der Waals surface area contributed by atoms with Crippen molar-refractivity contribution in [2.75, 3.05) is 12.4 Å². The van der Waals surface area contributed by atoms with Crippen molar-refractivity contribution < 1.29 is 19.7 Å². The minimum absolute atomic E-state index is 0.00668. The number of nitrogens with zero attached hydrogens (tertiary/aromatic N) is 1. The van der Waals surface area contributed by atoms with Gasteiger partial charge in [0.25, 0.3) is 0 Å². The Kier molecular flexibility index (Phi) is 6.01. The van der Waals surface area contributed by atoms with E-state index in [-0.39, 0.29) is 10.7 Å². The summed E-state index contributed by atoms with van der Waals surface area (Å²) < 4.78 is 4.54. The third-order valence-electron chi connectivity index (χ3n) is 2.38. The van der Waals surface area contributed by atoms with Crippen molar-refractivity contribution in [3.8, 4) is 0 Å². The second-order valence-electron chi connectivity index (χ2n) is 3.59. The number of carbonyl (C=O) groups is 1. The Morgan fingerprint density at radius 1 is 1.61 bits per heavy atom. The minimum atomic E-state index is -1.13. The number of hydrogen-bond acceptors (Lipinski definition) is 5. The van der Waals surface area contributed by atoms with E-state index in [0.717, 1.165) is 0 Å². The van der Waals surface area contributed by atoms with Gasteiger partial charge in [-0.05, 0) is 12.5 Å². The van der Waals surface area contributed by atoms with E-state index in [2.05, 4.69) is 25.7 Å². The molecule has 0 aromatic carbocycles. The summed E-state index contributed by atoms with van der Waals surface area (Å²) in [5.74, 6) is -0.642.